The highest BCUT2D eigenvalue weighted by Crippen LogP contribution is 2.53. The molecular weight excluding hydrogens is 487 g/mol. The summed E-state index contributed by atoms with van der Waals surface area (Å²) in [5.74, 6) is 8.40. The van der Waals surface area contributed by atoms with Crippen molar-refractivity contribution in [3.63, 3.8) is 0 Å². The first-order valence-corrected chi connectivity index (χ1v) is 15.6. The molecule has 0 heterocycles. The van der Waals surface area contributed by atoms with E-state index in [-0.39, 0.29) is 0 Å². The van der Waals surface area contributed by atoms with Crippen LogP contribution in [0.3, 0.4) is 0 Å². The Kier molecular flexibility index (Phi) is 9.32. The predicted molar refractivity (Wildman–Crippen MR) is 145 cm³/mol. The number of allylic oxidation sites excluding steroid dienone is 2. The summed E-state index contributed by atoms with van der Waals surface area (Å²) in [4.78, 5) is 0. The lowest BCUT2D eigenvalue weighted by Gasteiger charge is -2.36. The first-order chi connectivity index (χ1) is 15.1. The molecule has 0 aromatic heterocycles. The number of halogens is 1. The molecule has 4 unspecified atom stereocenters. The molecule has 178 valence electrons. The SMILES string of the molecule is CCCCC[C@@H]1CC1C1CCC(C2CC=C(C(I)CCC(C)[C@@H](C)C3CC3)CC2)CC1. The van der Waals surface area contributed by atoms with E-state index in [0.29, 0.717) is 0 Å². The molecule has 0 aromatic rings. The minimum Gasteiger partial charge on any atom is -0.0840 e. The highest BCUT2D eigenvalue weighted by molar-refractivity contribution is 14.1. The third-order valence-electron chi connectivity index (χ3n) is 10.3. The molecule has 0 bridgehead atoms. The summed E-state index contributed by atoms with van der Waals surface area (Å²) < 4.78 is 0.808. The maximum Gasteiger partial charge on any atom is 0.0318 e. The fourth-order valence-electron chi connectivity index (χ4n) is 7.41. The molecule has 3 saturated carbocycles. The highest BCUT2D eigenvalue weighted by atomic mass is 127. The van der Waals surface area contributed by atoms with E-state index < -0.39 is 0 Å². The molecule has 31 heavy (non-hydrogen) atoms. The lowest BCUT2D eigenvalue weighted by molar-refractivity contribution is 0.176. The molecule has 4 rings (SSSR count). The number of rotatable bonds is 12. The van der Waals surface area contributed by atoms with Crippen LogP contribution in [0.2, 0.25) is 0 Å². The molecule has 0 spiro atoms. The van der Waals surface area contributed by atoms with Crippen LogP contribution in [0.4, 0.5) is 0 Å². The zero-order valence-electron chi connectivity index (χ0n) is 21.0. The van der Waals surface area contributed by atoms with Gasteiger partial charge >= 0.3 is 0 Å². The van der Waals surface area contributed by atoms with E-state index in [0.717, 1.165) is 51.3 Å². The Morgan fingerprint density at radius 3 is 2.29 bits per heavy atom. The van der Waals surface area contributed by atoms with Crippen molar-refractivity contribution in [2.45, 2.75) is 127 Å². The van der Waals surface area contributed by atoms with Crippen molar-refractivity contribution < 1.29 is 0 Å². The van der Waals surface area contributed by atoms with Gasteiger partial charge in [0.1, 0.15) is 0 Å². The Morgan fingerprint density at radius 2 is 1.65 bits per heavy atom. The number of alkyl halides is 1. The smallest absolute Gasteiger partial charge is 0.0318 e. The van der Waals surface area contributed by atoms with E-state index in [4.69, 9.17) is 0 Å². The van der Waals surface area contributed by atoms with E-state index in [1.54, 1.807) is 38.5 Å². The van der Waals surface area contributed by atoms with Crippen LogP contribution in [0.5, 0.6) is 0 Å². The Labute approximate surface area is 208 Å². The van der Waals surface area contributed by atoms with Crippen LogP contribution >= 0.6 is 22.6 Å². The first kappa shape index (κ1) is 24.6. The summed E-state index contributed by atoms with van der Waals surface area (Å²) in [6.07, 6.45) is 26.6. The molecule has 0 aromatic carbocycles. The summed E-state index contributed by atoms with van der Waals surface area (Å²) in [5.41, 5.74) is 1.81. The van der Waals surface area contributed by atoms with Crippen molar-refractivity contribution in [2.75, 3.05) is 0 Å². The normalized spacial score (nSPS) is 36.5. The van der Waals surface area contributed by atoms with Gasteiger partial charge in [0.25, 0.3) is 0 Å². The average Bonchev–Trinajstić information content (AvgIpc) is 3.72. The second kappa shape index (κ2) is 11.7. The summed E-state index contributed by atoms with van der Waals surface area (Å²) >= 11 is 2.77. The topological polar surface area (TPSA) is 0 Å². The Hall–Kier alpha value is 0.470. The number of hydrogen-bond donors (Lipinski definition) is 0. The van der Waals surface area contributed by atoms with Crippen LogP contribution < -0.4 is 0 Å². The van der Waals surface area contributed by atoms with Crippen molar-refractivity contribution in [3.05, 3.63) is 11.6 Å². The van der Waals surface area contributed by atoms with Gasteiger partial charge in [-0.15, -0.1) is 0 Å². The van der Waals surface area contributed by atoms with E-state index in [9.17, 15) is 0 Å². The first-order valence-electron chi connectivity index (χ1n) is 14.4. The lowest BCUT2D eigenvalue weighted by Crippen LogP contribution is -2.25. The molecule has 0 amide bonds. The van der Waals surface area contributed by atoms with Crippen molar-refractivity contribution in [3.8, 4) is 0 Å². The molecular formula is C30H51I. The second-order valence-electron chi connectivity index (χ2n) is 12.4. The molecule has 4 aliphatic rings. The van der Waals surface area contributed by atoms with Crippen molar-refractivity contribution in [1.29, 1.82) is 0 Å². The van der Waals surface area contributed by atoms with Gasteiger partial charge in [-0.1, -0.05) is 80.7 Å². The molecule has 6 atom stereocenters. The Morgan fingerprint density at radius 1 is 0.903 bits per heavy atom. The molecule has 3 fully saturated rings. The third-order valence-corrected chi connectivity index (χ3v) is 11.7. The molecule has 0 nitrogen and oxygen atoms in total. The van der Waals surface area contributed by atoms with E-state index in [1.807, 2.05) is 5.57 Å². The monoisotopic (exact) mass is 538 g/mol. The molecule has 0 aliphatic heterocycles. The van der Waals surface area contributed by atoms with Crippen LogP contribution in [0, 0.1) is 47.3 Å². The fourth-order valence-corrected chi connectivity index (χ4v) is 8.34. The van der Waals surface area contributed by atoms with Crippen molar-refractivity contribution >= 4 is 22.6 Å². The second-order valence-corrected chi connectivity index (χ2v) is 13.9. The fraction of sp³-hybridized carbons (Fsp3) is 0.933. The van der Waals surface area contributed by atoms with Gasteiger partial charge in [-0.25, -0.2) is 0 Å². The lowest BCUT2D eigenvalue weighted by atomic mass is 9.70. The maximum atomic E-state index is 2.77. The number of unbranched alkanes of at least 4 members (excludes halogenated alkanes) is 2. The van der Waals surface area contributed by atoms with Crippen LogP contribution in [0.1, 0.15) is 124 Å². The molecule has 0 N–H and O–H groups in total. The van der Waals surface area contributed by atoms with Gasteiger partial charge < -0.3 is 0 Å². The van der Waals surface area contributed by atoms with Crippen LogP contribution in [-0.4, -0.2) is 3.92 Å². The summed E-state index contributed by atoms with van der Waals surface area (Å²) in [6.45, 7) is 7.37. The average molecular weight is 539 g/mol. The van der Waals surface area contributed by atoms with Crippen LogP contribution in [0.15, 0.2) is 11.6 Å². The van der Waals surface area contributed by atoms with Gasteiger partial charge in [-0.2, -0.15) is 0 Å². The molecule has 0 saturated heterocycles. The highest BCUT2D eigenvalue weighted by Gasteiger charge is 2.43. The summed E-state index contributed by atoms with van der Waals surface area (Å²) in [7, 11) is 0. The largest absolute Gasteiger partial charge is 0.0840 e. The zero-order chi connectivity index (χ0) is 21.8. The predicted octanol–water partition coefficient (Wildman–Crippen LogP) is 10.0. The van der Waals surface area contributed by atoms with Gasteiger partial charge in [0.2, 0.25) is 0 Å². The van der Waals surface area contributed by atoms with Gasteiger partial charge in [0.15, 0.2) is 0 Å². The summed E-state index contributed by atoms with van der Waals surface area (Å²) in [5, 5.41) is 0. The maximum absolute atomic E-state index is 2.77. The Bertz CT molecular complexity index is 567. The van der Waals surface area contributed by atoms with Crippen LogP contribution in [0.25, 0.3) is 0 Å². The van der Waals surface area contributed by atoms with Crippen molar-refractivity contribution in [1.82, 2.24) is 0 Å². The van der Waals surface area contributed by atoms with E-state index in [1.165, 1.54) is 64.2 Å². The molecule has 4 aliphatic carbocycles. The van der Waals surface area contributed by atoms with Gasteiger partial charge in [0, 0.05) is 3.92 Å². The minimum absolute atomic E-state index is 0.808. The van der Waals surface area contributed by atoms with Crippen LogP contribution in [-0.2, 0) is 0 Å². The standard InChI is InChI=1S/C30H51I/c1-4-5-6-7-28-20-29(28)26-15-11-24(12-16-26)25-13-17-27(18-14-25)30(31)19-8-21(2)22(3)23-9-10-23/h17,21-26,28-30H,4-16,18-20H2,1-3H3/t21?,22-,24?,25?,26?,28-,29?,30?/m1/s1. The Balaban J connectivity index is 1.13. The van der Waals surface area contributed by atoms with Gasteiger partial charge in [-0.05, 0) is 124 Å². The van der Waals surface area contributed by atoms with Gasteiger partial charge in [-0.3, -0.25) is 0 Å². The molecule has 0 radical (unpaired) electrons. The van der Waals surface area contributed by atoms with E-state index >= 15 is 0 Å². The third kappa shape index (κ3) is 6.98. The summed E-state index contributed by atoms with van der Waals surface area (Å²) in [6, 6.07) is 0. The number of hydrogen-bond acceptors (Lipinski definition) is 0. The van der Waals surface area contributed by atoms with Gasteiger partial charge in [0.05, 0.1) is 0 Å². The van der Waals surface area contributed by atoms with Crippen molar-refractivity contribution in [2.24, 2.45) is 47.3 Å². The minimum atomic E-state index is 0.808. The zero-order valence-corrected chi connectivity index (χ0v) is 23.1. The van der Waals surface area contributed by atoms with E-state index in [2.05, 4.69) is 49.4 Å². The molecule has 1 heteroatoms. The quantitative estimate of drug-likeness (QED) is 0.100.